The summed E-state index contributed by atoms with van der Waals surface area (Å²) >= 11 is 1.12. The second-order valence-corrected chi connectivity index (χ2v) is 7.80. The quantitative estimate of drug-likeness (QED) is 0.519. The first kappa shape index (κ1) is 19.1. The van der Waals surface area contributed by atoms with E-state index in [2.05, 4.69) is 15.0 Å². The number of ether oxygens (including phenoxy) is 1. The van der Waals surface area contributed by atoms with Crippen molar-refractivity contribution in [3.05, 3.63) is 12.7 Å². The van der Waals surface area contributed by atoms with Gasteiger partial charge in [-0.1, -0.05) is 11.8 Å². The normalized spacial score (nSPS) is 20.6. The van der Waals surface area contributed by atoms with Crippen molar-refractivity contribution in [1.29, 1.82) is 0 Å². The highest BCUT2D eigenvalue weighted by atomic mass is 32.2. The van der Waals surface area contributed by atoms with E-state index in [0.29, 0.717) is 22.7 Å². The van der Waals surface area contributed by atoms with E-state index >= 15 is 0 Å². The summed E-state index contributed by atoms with van der Waals surface area (Å²) in [6, 6.07) is 0. The molecule has 0 aromatic carbocycles. The highest BCUT2D eigenvalue weighted by molar-refractivity contribution is 8.13. The van der Waals surface area contributed by atoms with Crippen molar-refractivity contribution in [2.75, 3.05) is 24.7 Å². The van der Waals surface area contributed by atoms with Gasteiger partial charge in [-0.2, -0.15) is 0 Å². The van der Waals surface area contributed by atoms with Crippen LogP contribution in [0.4, 0.5) is 5.82 Å². The van der Waals surface area contributed by atoms with Crippen molar-refractivity contribution < 1.29 is 23.1 Å². The summed E-state index contributed by atoms with van der Waals surface area (Å²) in [7, 11) is -2.23. The first-order chi connectivity index (χ1) is 12.5. The number of nitrogens with two attached hydrogens (primary N) is 1. The molecule has 1 aliphatic rings. The summed E-state index contributed by atoms with van der Waals surface area (Å²) in [5, 5.41) is -0.00537. The highest BCUT2D eigenvalue weighted by Crippen LogP contribution is 2.33. The Morgan fingerprint density at radius 1 is 1.42 bits per heavy atom. The number of nitrogens with zero attached hydrogens (tertiary/aromatic N) is 4. The van der Waals surface area contributed by atoms with Gasteiger partial charge in [-0.05, 0) is 12.8 Å². The molecule has 10 nitrogen and oxygen atoms in total. The number of hydrogen-bond acceptors (Lipinski definition) is 10. The van der Waals surface area contributed by atoms with E-state index in [4.69, 9.17) is 19.5 Å². The van der Waals surface area contributed by atoms with Crippen molar-refractivity contribution in [3.63, 3.8) is 0 Å². The standard InChI is InChI=1S/C14H19N5O5PS/c1-9(20)26-5-4-22-25(21)23-6-10-2-3-11(24-10)19-8-18-12-13(15)16-7-17-14(12)19/h7-8,10-11H,2-6H2,1H3,(H2,15,16,17)/q+1. The van der Waals surface area contributed by atoms with E-state index in [1.54, 1.807) is 6.33 Å². The van der Waals surface area contributed by atoms with Crippen molar-refractivity contribution >= 4 is 42.1 Å². The third-order valence-corrected chi connectivity index (χ3v) is 5.26. The summed E-state index contributed by atoms with van der Waals surface area (Å²) in [5.74, 6) is 0.768. The molecule has 0 aliphatic carbocycles. The molecule has 2 aromatic rings. The average molecular weight is 400 g/mol. The molecule has 1 saturated heterocycles. The second kappa shape index (κ2) is 8.83. The lowest BCUT2D eigenvalue weighted by atomic mass is 10.2. The van der Waals surface area contributed by atoms with E-state index in [1.807, 2.05) is 4.57 Å². The Labute approximate surface area is 154 Å². The zero-order chi connectivity index (χ0) is 18.5. The van der Waals surface area contributed by atoms with Gasteiger partial charge in [0.25, 0.3) is 0 Å². The van der Waals surface area contributed by atoms with Crippen LogP contribution in [0.3, 0.4) is 0 Å². The second-order valence-electron chi connectivity index (χ2n) is 5.57. The zero-order valence-corrected chi connectivity index (χ0v) is 15.8. The largest absolute Gasteiger partial charge is 0.697 e. The Balaban J connectivity index is 1.46. The number of anilines is 1. The van der Waals surface area contributed by atoms with Gasteiger partial charge in [0.05, 0.1) is 12.4 Å². The Hall–Kier alpha value is -1.65. The van der Waals surface area contributed by atoms with Crippen LogP contribution in [0.25, 0.3) is 11.2 Å². The number of thioether (sulfide) groups is 1. The van der Waals surface area contributed by atoms with E-state index in [0.717, 1.165) is 24.6 Å². The highest BCUT2D eigenvalue weighted by Gasteiger charge is 2.32. The van der Waals surface area contributed by atoms with Gasteiger partial charge < -0.3 is 10.5 Å². The molecule has 3 rings (SSSR count). The van der Waals surface area contributed by atoms with Crippen LogP contribution in [0.1, 0.15) is 26.0 Å². The summed E-state index contributed by atoms with van der Waals surface area (Å²) in [6.45, 7) is 1.82. The fourth-order valence-electron chi connectivity index (χ4n) is 2.57. The van der Waals surface area contributed by atoms with Crippen LogP contribution in [0.5, 0.6) is 0 Å². The number of carbonyl (C=O) groups is 1. The van der Waals surface area contributed by atoms with Crippen LogP contribution >= 0.6 is 20.0 Å². The van der Waals surface area contributed by atoms with E-state index < -0.39 is 8.25 Å². The van der Waals surface area contributed by atoms with E-state index in [9.17, 15) is 9.36 Å². The third kappa shape index (κ3) is 4.74. The molecule has 0 radical (unpaired) electrons. The maximum atomic E-state index is 11.7. The first-order valence-electron chi connectivity index (χ1n) is 7.99. The number of aromatic nitrogens is 4. The summed E-state index contributed by atoms with van der Waals surface area (Å²) in [4.78, 5) is 23.1. The van der Waals surface area contributed by atoms with Gasteiger partial charge in [0.15, 0.2) is 16.6 Å². The number of rotatable bonds is 8. The van der Waals surface area contributed by atoms with Crippen molar-refractivity contribution in [2.45, 2.75) is 32.1 Å². The molecular formula is C14H19N5O5PS+. The molecule has 0 amide bonds. The van der Waals surface area contributed by atoms with Crippen molar-refractivity contribution in [1.82, 2.24) is 19.5 Å². The van der Waals surface area contributed by atoms with Crippen LogP contribution in [0, 0.1) is 0 Å². The van der Waals surface area contributed by atoms with Crippen LogP contribution in [-0.4, -0.2) is 49.7 Å². The minimum Gasteiger partial charge on any atom is -0.382 e. The topological polar surface area (TPSA) is 131 Å². The van der Waals surface area contributed by atoms with Gasteiger partial charge in [-0.15, -0.1) is 9.05 Å². The molecule has 1 aliphatic heterocycles. The molecule has 1 fully saturated rings. The molecule has 26 heavy (non-hydrogen) atoms. The Kier molecular flexibility index (Phi) is 6.49. The maximum absolute atomic E-state index is 11.7. The van der Waals surface area contributed by atoms with Crippen LogP contribution < -0.4 is 5.73 Å². The van der Waals surface area contributed by atoms with Gasteiger partial charge >= 0.3 is 8.25 Å². The lowest BCUT2D eigenvalue weighted by Crippen LogP contribution is -2.15. The van der Waals surface area contributed by atoms with E-state index in [-0.39, 0.29) is 30.7 Å². The predicted molar refractivity (Wildman–Crippen MR) is 95.5 cm³/mol. The molecule has 3 heterocycles. The third-order valence-electron chi connectivity index (χ3n) is 3.73. The minimum atomic E-state index is -2.23. The Morgan fingerprint density at radius 2 is 2.27 bits per heavy atom. The summed E-state index contributed by atoms with van der Waals surface area (Å²) in [5.41, 5.74) is 6.94. The van der Waals surface area contributed by atoms with Crippen molar-refractivity contribution in [3.8, 4) is 0 Å². The van der Waals surface area contributed by atoms with Gasteiger partial charge in [0.2, 0.25) is 0 Å². The van der Waals surface area contributed by atoms with Crippen molar-refractivity contribution in [2.24, 2.45) is 0 Å². The number of hydrogen-bond donors (Lipinski definition) is 1. The molecule has 12 heteroatoms. The summed E-state index contributed by atoms with van der Waals surface area (Å²) in [6.07, 6.45) is 4.06. The first-order valence-corrected chi connectivity index (χ1v) is 10.1. The molecular weight excluding hydrogens is 381 g/mol. The molecule has 3 unspecified atom stereocenters. The smallest absolute Gasteiger partial charge is 0.382 e. The van der Waals surface area contributed by atoms with Crippen LogP contribution in [-0.2, 0) is 23.1 Å². The lowest BCUT2D eigenvalue weighted by molar-refractivity contribution is -0.109. The van der Waals surface area contributed by atoms with E-state index in [1.165, 1.54) is 13.3 Å². The molecule has 3 atom stereocenters. The predicted octanol–water partition coefficient (Wildman–Crippen LogP) is 2.06. The Bertz CT molecular complexity index is 803. The minimum absolute atomic E-state index is 0.00537. The van der Waals surface area contributed by atoms with Crippen LogP contribution in [0.2, 0.25) is 0 Å². The van der Waals surface area contributed by atoms with Gasteiger partial charge in [0, 0.05) is 17.2 Å². The molecule has 140 valence electrons. The molecule has 0 saturated carbocycles. The number of fused-ring (bicyclic) bond motifs is 1. The van der Waals surface area contributed by atoms with Gasteiger partial charge in [-0.3, -0.25) is 9.36 Å². The number of carbonyl (C=O) groups excluding carboxylic acids is 1. The molecule has 0 spiro atoms. The Morgan fingerprint density at radius 3 is 3.08 bits per heavy atom. The van der Waals surface area contributed by atoms with Crippen LogP contribution in [0.15, 0.2) is 12.7 Å². The number of imidazole rings is 1. The maximum Gasteiger partial charge on any atom is 0.697 e. The molecule has 2 N–H and O–H groups in total. The lowest BCUT2D eigenvalue weighted by Gasteiger charge is -2.13. The molecule has 2 aromatic heterocycles. The van der Waals surface area contributed by atoms with Gasteiger partial charge in [0.1, 0.15) is 31.3 Å². The fourth-order valence-corrected chi connectivity index (χ4v) is 3.75. The monoisotopic (exact) mass is 400 g/mol. The van der Waals surface area contributed by atoms with Gasteiger partial charge in [-0.25, -0.2) is 15.0 Å². The molecule has 0 bridgehead atoms. The zero-order valence-electron chi connectivity index (χ0n) is 14.1. The SMILES string of the molecule is CC(=O)SCCO[P+](=O)OCC1CCC(n2cnc3c(N)ncnc32)O1. The average Bonchev–Trinajstić information content (AvgIpc) is 3.24. The summed E-state index contributed by atoms with van der Waals surface area (Å²) < 4.78 is 29.6. The number of nitrogen functional groups attached to an aromatic ring is 1. The fraction of sp³-hybridized carbons (Fsp3) is 0.571.